The number of nitrogens with one attached hydrogen (secondary N) is 2. The highest BCUT2D eigenvalue weighted by molar-refractivity contribution is 5.95. The van der Waals surface area contributed by atoms with Gasteiger partial charge in [-0.1, -0.05) is 12.1 Å². The number of carbonyl (C=O) groups excluding carboxylic acids is 1. The van der Waals surface area contributed by atoms with Crippen LogP contribution in [0.15, 0.2) is 42.5 Å². The van der Waals surface area contributed by atoms with Crippen molar-refractivity contribution < 1.29 is 19.0 Å². The fraction of sp³-hybridized carbons (Fsp3) is 0.235. The van der Waals surface area contributed by atoms with E-state index in [4.69, 9.17) is 14.2 Å². The Labute approximate surface area is 135 Å². The SMILES string of the molecule is COc1ccc(NCC(=O)Nc2ccccc2OC)c(OC)c1. The monoisotopic (exact) mass is 316 g/mol. The molecule has 0 saturated heterocycles. The molecular weight excluding hydrogens is 296 g/mol. The van der Waals surface area contributed by atoms with Crippen LogP contribution in [-0.2, 0) is 4.79 Å². The highest BCUT2D eigenvalue weighted by Crippen LogP contribution is 2.29. The Morgan fingerprint density at radius 1 is 0.913 bits per heavy atom. The molecule has 2 aromatic carbocycles. The van der Waals surface area contributed by atoms with Crippen molar-refractivity contribution in [3.8, 4) is 17.2 Å². The third kappa shape index (κ3) is 4.29. The van der Waals surface area contributed by atoms with Crippen LogP contribution in [0.5, 0.6) is 17.2 Å². The third-order valence-electron chi connectivity index (χ3n) is 3.23. The number of rotatable bonds is 7. The number of para-hydroxylation sites is 2. The molecule has 2 rings (SSSR count). The summed E-state index contributed by atoms with van der Waals surface area (Å²) in [5, 5.41) is 5.84. The Morgan fingerprint density at radius 3 is 2.35 bits per heavy atom. The van der Waals surface area contributed by atoms with Gasteiger partial charge in [0.05, 0.1) is 39.2 Å². The zero-order valence-corrected chi connectivity index (χ0v) is 13.4. The van der Waals surface area contributed by atoms with Crippen LogP contribution in [0.2, 0.25) is 0 Å². The average molecular weight is 316 g/mol. The number of amides is 1. The minimum atomic E-state index is -0.188. The lowest BCUT2D eigenvalue weighted by Gasteiger charge is -2.13. The molecule has 0 aliphatic heterocycles. The maximum atomic E-state index is 12.1. The van der Waals surface area contributed by atoms with Gasteiger partial charge in [0.15, 0.2) is 0 Å². The summed E-state index contributed by atoms with van der Waals surface area (Å²) < 4.78 is 15.6. The molecule has 0 aliphatic carbocycles. The summed E-state index contributed by atoms with van der Waals surface area (Å²) in [7, 11) is 4.71. The molecule has 23 heavy (non-hydrogen) atoms. The van der Waals surface area contributed by atoms with Crippen molar-refractivity contribution in [1.29, 1.82) is 0 Å². The van der Waals surface area contributed by atoms with E-state index in [0.717, 1.165) is 0 Å². The van der Waals surface area contributed by atoms with E-state index in [1.807, 2.05) is 12.1 Å². The van der Waals surface area contributed by atoms with E-state index in [1.54, 1.807) is 51.7 Å². The second-order valence-corrected chi connectivity index (χ2v) is 4.67. The van der Waals surface area contributed by atoms with Crippen molar-refractivity contribution in [1.82, 2.24) is 0 Å². The second-order valence-electron chi connectivity index (χ2n) is 4.67. The van der Waals surface area contributed by atoms with Crippen molar-refractivity contribution in [2.45, 2.75) is 0 Å². The number of anilines is 2. The Balaban J connectivity index is 1.99. The molecule has 0 saturated carbocycles. The van der Waals surface area contributed by atoms with Gasteiger partial charge < -0.3 is 24.8 Å². The van der Waals surface area contributed by atoms with Gasteiger partial charge in [0.2, 0.25) is 5.91 Å². The Bertz CT molecular complexity index is 673. The normalized spacial score (nSPS) is 9.87. The van der Waals surface area contributed by atoms with E-state index in [1.165, 1.54) is 0 Å². The molecule has 6 nitrogen and oxygen atoms in total. The molecule has 0 unspecified atom stereocenters. The highest BCUT2D eigenvalue weighted by Gasteiger charge is 2.09. The van der Waals surface area contributed by atoms with Crippen molar-refractivity contribution in [2.75, 3.05) is 38.5 Å². The zero-order chi connectivity index (χ0) is 16.7. The molecule has 0 bridgehead atoms. The molecule has 0 atom stereocenters. The third-order valence-corrected chi connectivity index (χ3v) is 3.23. The van der Waals surface area contributed by atoms with Crippen LogP contribution >= 0.6 is 0 Å². The molecule has 2 N–H and O–H groups in total. The smallest absolute Gasteiger partial charge is 0.243 e. The first-order valence-electron chi connectivity index (χ1n) is 7.06. The minimum absolute atomic E-state index is 0.0980. The summed E-state index contributed by atoms with van der Waals surface area (Å²) in [6, 6.07) is 12.6. The molecule has 0 aliphatic rings. The zero-order valence-electron chi connectivity index (χ0n) is 13.4. The van der Waals surface area contributed by atoms with Crippen molar-refractivity contribution in [3.05, 3.63) is 42.5 Å². The maximum absolute atomic E-state index is 12.1. The summed E-state index contributed by atoms with van der Waals surface area (Å²) in [5.41, 5.74) is 1.34. The van der Waals surface area contributed by atoms with Crippen molar-refractivity contribution >= 4 is 17.3 Å². The second kappa shape index (κ2) is 7.93. The van der Waals surface area contributed by atoms with E-state index in [0.29, 0.717) is 28.6 Å². The van der Waals surface area contributed by atoms with Crippen LogP contribution < -0.4 is 24.8 Å². The first-order chi connectivity index (χ1) is 11.2. The Morgan fingerprint density at radius 2 is 1.65 bits per heavy atom. The number of hydrogen-bond acceptors (Lipinski definition) is 5. The largest absolute Gasteiger partial charge is 0.497 e. The van der Waals surface area contributed by atoms with E-state index in [2.05, 4.69) is 10.6 Å². The van der Waals surface area contributed by atoms with Gasteiger partial charge in [-0.25, -0.2) is 0 Å². The average Bonchev–Trinajstić information content (AvgIpc) is 2.60. The molecule has 0 spiro atoms. The summed E-state index contributed by atoms with van der Waals surface area (Å²) in [6.07, 6.45) is 0. The molecule has 1 amide bonds. The van der Waals surface area contributed by atoms with Gasteiger partial charge in [-0.05, 0) is 24.3 Å². The van der Waals surface area contributed by atoms with Crippen molar-refractivity contribution in [2.24, 2.45) is 0 Å². The molecule has 0 aromatic heterocycles. The highest BCUT2D eigenvalue weighted by atomic mass is 16.5. The quantitative estimate of drug-likeness (QED) is 0.822. The lowest BCUT2D eigenvalue weighted by Crippen LogP contribution is -2.22. The summed E-state index contributed by atoms with van der Waals surface area (Å²) in [5.74, 6) is 1.72. The molecule has 122 valence electrons. The standard InChI is InChI=1S/C17H20N2O4/c1-21-12-8-9-13(16(10-12)23-3)18-11-17(20)19-14-6-4-5-7-15(14)22-2/h4-10,18H,11H2,1-3H3,(H,19,20). The summed E-state index contributed by atoms with van der Waals surface area (Å²) in [4.78, 5) is 12.1. The lowest BCUT2D eigenvalue weighted by atomic mass is 10.2. The van der Waals surface area contributed by atoms with Gasteiger partial charge in [-0.15, -0.1) is 0 Å². The molecule has 0 fully saturated rings. The Hall–Kier alpha value is -2.89. The molecule has 0 heterocycles. The molecular formula is C17H20N2O4. The van der Waals surface area contributed by atoms with Crippen LogP contribution in [0.4, 0.5) is 11.4 Å². The first kappa shape index (κ1) is 16.5. The maximum Gasteiger partial charge on any atom is 0.243 e. The van der Waals surface area contributed by atoms with Gasteiger partial charge in [0.1, 0.15) is 17.2 Å². The number of hydrogen-bond donors (Lipinski definition) is 2. The van der Waals surface area contributed by atoms with E-state index in [-0.39, 0.29) is 12.5 Å². The molecule has 6 heteroatoms. The predicted octanol–water partition coefficient (Wildman–Crippen LogP) is 2.76. The number of benzene rings is 2. The number of ether oxygens (including phenoxy) is 3. The van der Waals surface area contributed by atoms with Gasteiger partial charge in [0.25, 0.3) is 0 Å². The lowest BCUT2D eigenvalue weighted by molar-refractivity contribution is -0.114. The van der Waals surface area contributed by atoms with Gasteiger partial charge in [-0.2, -0.15) is 0 Å². The fourth-order valence-electron chi connectivity index (χ4n) is 2.06. The van der Waals surface area contributed by atoms with Gasteiger partial charge in [-0.3, -0.25) is 4.79 Å². The van der Waals surface area contributed by atoms with Crippen LogP contribution in [0.3, 0.4) is 0 Å². The molecule has 2 aromatic rings. The van der Waals surface area contributed by atoms with Gasteiger partial charge >= 0.3 is 0 Å². The van der Waals surface area contributed by atoms with Crippen LogP contribution in [-0.4, -0.2) is 33.8 Å². The van der Waals surface area contributed by atoms with Crippen molar-refractivity contribution in [3.63, 3.8) is 0 Å². The number of carbonyl (C=O) groups is 1. The van der Waals surface area contributed by atoms with E-state index in [9.17, 15) is 4.79 Å². The van der Waals surface area contributed by atoms with Crippen LogP contribution in [0.1, 0.15) is 0 Å². The van der Waals surface area contributed by atoms with Gasteiger partial charge in [0, 0.05) is 6.07 Å². The number of methoxy groups -OCH3 is 3. The topological polar surface area (TPSA) is 68.8 Å². The minimum Gasteiger partial charge on any atom is -0.497 e. The summed E-state index contributed by atoms with van der Waals surface area (Å²) >= 11 is 0. The fourth-order valence-corrected chi connectivity index (χ4v) is 2.06. The van der Waals surface area contributed by atoms with Crippen LogP contribution in [0, 0.1) is 0 Å². The summed E-state index contributed by atoms with van der Waals surface area (Å²) in [6.45, 7) is 0.0980. The Kier molecular flexibility index (Phi) is 5.68. The van der Waals surface area contributed by atoms with Crippen LogP contribution in [0.25, 0.3) is 0 Å². The van der Waals surface area contributed by atoms with E-state index < -0.39 is 0 Å². The predicted molar refractivity (Wildman–Crippen MR) is 89.7 cm³/mol. The molecule has 0 radical (unpaired) electrons. The first-order valence-corrected chi connectivity index (χ1v) is 7.06. The van der Waals surface area contributed by atoms with E-state index >= 15 is 0 Å².